The van der Waals surface area contributed by atoms with E-state index < -0.39 is 72.2 Å². The molecule has 3 aromatic heterocycles. The third kappa shape index (κ3) is 7.74. The molecule has 0 bridgehead atoms. The first-order chi connectivity index (χ1) is 38.9. The van der Waals surface area contributed by atoms with Crippen LogP contribution < -0.4 is 9.30 Å². The van der Waals surface area contributed by atoms with Crippen molar-refractivity contribution < 1.29 is 25.8 Å². The van der Waals surface area contributed by atoms with Crippen LogP contribution in [-0.2, 0) is 11.8 Å². The molecule has 0 unspecified atom stereocenters. The van der Waals surface area contributed by atoms with Crippen LogP contribution in [0.25, 0.3) is 83.4 Å². The van der Waals surface area contributed by atoms with E-state index >= 15 is 0 Å². The normalized spacial score (nSPS) is 14.3. The molecule has 9 aromatic carbocycles. The largest absolute Gasteiger partial charge is 0.458 e. The van der Waals surface area contributed by atoms with E-state index in [0.717, 1.165) is 32.9 Å². The molecule has 0 spiro atoms. The van der Waals surface area contributed by atoms with Crippen LogP contribution >= 0.6 is 0 Å². The highest BCUT2D eigenvalue weighted by Gasteiger charge is 2.25. The molecule has 0 aliphatic heterocycles. The summed E-state index contributed by atoms with van der Waals surface area (Å²) in [6.45, 7) is 3.87. The molecule has 0 amide bonds. The number of benzene rings is 9. The Kier molecular flexibility index (Phi) is 7.71. The smallest absolute Gasteiger partial charge is 0.269 e. The quantitative estimate of drug-likeness (QED) is 0.0958. The Bertz CT molecular complexity index is 4370. The summed E-state index contributed by atoms with van der Waals surface area (Å²) in [6.07, 6.45) is 3.31. The fourth-order valence-electron chi connectivity index (χ4n) is 9.24. The molecule has 0 radical (unpaired) electrons. The Hall–Kier alpha value is -8.80. The van der Waals surface area contributed by atoms with E-state index in [1.807, 2.05) is 164 Å². The Morgan fingerprint density at radius 2 is 1.19 bits per heavy atom. The number of ether oxygens (including phenoxy) is 1. The topological polar surface area (TPSA) is 35.9 Å². The van der Waals surface area contributed by atoms with Crippen LogP contribution in [0.5, 0.6) is 11.5 Å². The van der Waals surface area contributed by atoms with Crippen LogP contribution in [0.3, 0.4) is 0 Å². The lowest BCUT2D eigenvalue weighted by molar-refractivity contribution is -0.571. The first kappa shape index (κ1) is 30.5. The third-order valence-corrected chi connectivity index (χ3v) is 12.5. The van der Waals surface area contributed by atoms with Crippen molar-refractivity contribution in [1.82, 2.24) is 14.1 Å². The molecular formula is C64H48N4O. The van der Waals surface area contributed by atoms with E-state index in [9.17, 15) is 2.74 Å². The average molecular weight is 901 g/mol. The van der Waals surface area contributed by atoms with Gasteiger partial charge in [-0.1, -0.05) is 202 Å². The van der Waals surface area contributed by atoms with Gasteiger partial charge in [-0.05, 0) is 93.2 Å². The van der Waals surface area contributed by atoms with Gasteiger partial charge in [0.25, 0.3) is 6.33 Å². The van der Waals surface area contributed by atoms with E-state index in [2.05, 4.69) is 12.4 Å². The van der Waals surface area contributed by atoms with Gasteiger partial charge in [-0.25, -0.2) is 4.98 Å². The average Bonchev–Trinajstić information content (AvgIpc) is 4.26. The molecule has 12 aromatic rings. The molecule has 69 heavy (non-hydrogen) atoms. The van der Waals surface area contributed by atoms with Crippen molar-refractivity contribution in [3.63, 3.8) is 0 Å². The van der Waals surface area contributed by atoms with Gasteiger partial charge in [0.05, 0.1) is 47.1 Å². The number of para-hydroxylation sites is 4. The minimum atomic E-state index is -1.89. The second kappa shape index (κ2) is 17.4. The molecule has 0 aliphatic carbocycles. The van der Waals surface area contributed by atoms with Gasteiger partial charge in [0.2, 0.25) is 0 Å². The van der Waals surface area contributed by atoms with Gasteiger partial charge in [-0.15, -0.1) is 0 Å². The standard InChI is InChI=1S/C64H48N4O/c1-64(2,49-27-13-6-14-28-49)42-48-39-62(65-43-57(48)47-25-11-5-12-26-47)68-58-34-16-15-31-55(58)56-38-37-52(41-61(56)68)69-51-30-19-29-50(40-51)66-44-67(60-36-18-17-35-59(60)66)63-53(45-21-7-3-8-22-45)32-20-33-54(63)46-23-9-4-10-24-46/h3-41,43H,42H2,1-2H3/i3D,4D,7D,8D,9D,10D,21D,22D,23D,24D,42D2. The molecule has 0 saturated heterocycles. The summed E-state index contributed by atoms with van der Waals surface area (Å²) in [6, 6.07) is 49.2. The highest BCUT2D eigenvalue weighted by molar-refractivity contribution is 6.09. The van der Waals surface area contributed by atoms with Crippen LogP contribution in [0.2, 0.25) is 0 Å². The number of aromatic nitrogens is 4. The zero-order valence-electron chi connectivity index (χ0n) is 49.5. The van der Waals surface area contributed by atoms with Crippen LogP contribution in [0, 0.1) is 6.33 Å². The minimum absolute atomic E-state index is 0.138. The van der Waals surface area contributed by atoms with E-state index in [-0.39, 0.29) is 27.9 Å². The van der Waals surface area contributed by atoms with Gasteiger partial charge in [0.1, 0.15) is 17.3 Å². The summed E-state index contributed by atoms with van der Waals surface area (Å²) in [7, 11) is 0. The number of fused-ring (bicyclic) bond motifs is 4. The lowest BCUT2D eigenvalue weighted by atomic mass is 9.78. The van der Waals surface area contributed by atoms with Gasteiger partial charge in [0, 0.05) is 31.3 Å². The zero-order chi connectivity index (χ0) is 56.8. The molecule has 0 saturated carbocycles. The van der Waals surface area contributed by atoms with E-state index in [4.69, 9.17) is 23.4 Å². The van der Waals surface area contributed by atoms with Crippen LogP contribution in [0.4, 0.5) is 0 Å². The summed E-state index contributed by atoms with van der Waals surface area (Å²) in [5.41, 5.74) is 5.42. The number of rotatable bonds is 11. The van der Waals surface area contributed by atoms with Crippen LogP contribution in [-0.4, -0.2) is 14.1 Å². The van der Waals surface area contributed by atoms with Crippen LogP contribution in [0.1, 0.15) is 41.4 Å². The number of hydrogen-bond donors (Lipinski definition) is 0. The predicted molar refractivity (Wildman–Crippen MR) is 282 cm³/mol. The molecule has 0 N–H and O–H groups in total. The Balaban J connectivity index is 0.998. The number of nitrogens with zero attached hydrogens (tertiary/aromatic N) is 4. The SMILES string of the molecule is [2H]c1c([2H])c([2H])c(-c2cccc(-c3c([2H])c([2H])c([2H])c([2H])c3[2H])c2-[n+]2[c-]n(-c3cccc(Oc4ccc5c6ccccc6n(-c6cc(C([2H])([2H])C(C)(C)c7ccccc7)c(-c7ccccc7)cn6)c5c4)c3)c3ccccc32)c([2H])c1[2H]. The van der Waals surface area contributed by atoms with Crippen molar-refractivity contribution in [1.29, 1.82) is 0 Å². The van der Waals surface area contributed by atoms with Gasteiger partial charge in [0.15, 0.2) is 0 Å². The second-order valence-electron chi connectivity index (χ2n) is 17.2. The molecule has 330 valence electrons. The number of imidazole rings is 1. The molecule has 5 heteroatoms. The van der Waals surface area contributed by atoms with Crippen molar-refractivity contribution in [3.8, 4) is 62.1 Å². The first-order valence-electron chi connectivity index (χ1n) is 28.5. The molecule has 0 fully saturated rings. The first-order valence-corrected chi connectivity index (χ1v) is 22.5. The fraction of sp³-hybridized carbons (Fsp3) is 0.0625. The Morgan fingerprint density at radius 3 is 1.93 bits per heavy atom. The maximum absolute atomic E-state index is 9.98. The molecule has 0 atom stereocenters. The van der Waals surface area contributed by atoms with Crippen molar-refractivity contribution in [2.75, 3.05) is 0 Å². The van der Waals surface area contributed by atoms with Crippen LogP contribution in [0.15, 0.2) is 243 Å². The van der Waals surface area contributed by atoms with Crippen molar-refractivity contribution >= 4 is 32.8 Å². The zero-order valence-corrected chi connectivity index (χ0v) is 37.5. The highest BCUT2D eigenvalue weighted by atomic mass is 16.5. The maximum Gasteiger partial charge on any atom is 0.269 e. The summed E-state index contributed by atoms with van der Waals surface area (Å²) in [5.74, 6) is 1.47. The van der Waals surface area contributed by atoms with E-state index in [0.29, 0.717) is 45.2 Å². The maximum atomic E-state index is 9.98. The minimum Gasteiger partial charge on any atom is -0.458 e. The summed E-state index contributed by atoms with van der Waals surface area (Å²) >= 11 is 0. The van der Waals surface area contributed by atoms with E-state index in [1.165, 1.54) is 0 Å². The predicted octanol–water partition coefficient (Wildman–Crippen LogP) is 15.5. The van der Waals surface area contributed by atoms with Gasteiger partial charge in [-0.3, -0.25) is 13.7 Å². The second-order valence-corrected chi connectivity index (χ2v) is 17.2. The van der Waals surface area contributed by atoms with Gasteiger partial charge < -0.3 is 4.74 Å². The van der Waals surface area contributed by atoms with E-state index in [1.54, 1.807) is 39.6 Å². The Morgan fingerprint density at radius 1 is 0.565 bits per heavy atom. The lowest BCUT2D eigenvalue weighted by Gasteiger charge is -2.27. The molecule has 0 aliphatic rings. The summed E-state index contributed by atoms with van der Waals surface area (Å²) < 4.78 is 120. The monoisotopic (exact) mass is 900 g/mol. The molecular weight excluding hydrogens is 841 g/mol. The highest BCUT2D eigenvalue weighted by Crippen LogP contribution is 2.39. The van der Waals surface area contributed by atoms with Gasteiger partial charge in [-0.2, -0.15) is 0 Å². The number of pyridine rings is 1. The summed E-state index contributed by atoms with van der Waals surface area (Å²) in [4.78, 5) is 5.08. The van der Waals surface area contributed by atoms with Gasteiger partial charge >= 0.3 is 0 Å². The third-order valence-electron chi connectivity index (χ3n) is 12.5. The lowest BCUT2D eigenvalue weighted by Crippen LogP contribution is -2.31. The Labute approximate surface area is 419 Å². The summed E-state index contributed by atoms with van der Waals surface area (Å²) in [5, 5.41) is 1.90. The molecule has 12 rings (SSSR count). The molecule has 5 nitrogen and oxygen atoms in total. The van der Waals surface area contributed by atoms with Crippen molar-refractivity contribution in [2.24, 2.45) is 0 Å². The fourth-order valence-corrected chi connectivity index (χ4v) is 9.24. The van der Waals surface area contributed by atoms with Crippen molar-refractivity contribution in [3.05, 3.63) is 260 Å². The number of hydrogen-bond acceptors (Lipinski definition) is 2. The molecule has 3 heterocycles. The van der Waals surface area contributed by atoms with Crippen molar-refractivity contribution in [2.45, 2.75) is 25.6 Å².